The molecule has 0 saturated carbocycles. The summed E-state index contributed by atoms with van der Waals surface area (Å²) in [5, 5.41) is 0. The van der Waals surface area contributed by atoms with E-state index in [2.05, 4.69) is 46.5 Å². The fourth-order valence-corrected chi connectivity index (χ4v) is 2.15. The summed E-state index contributed by atoms with van der Waals surface area (Å²) in [6, 6.07) is 0. The molecule has 0 aliphatic rings. The van der Waals surface area contributed by atoms with Crippen LogP contribution >= 0.6 is 0 Å². The summed E-state index contributed by atoms with van der Waals surface area (Å²) in [7, 11) is 0. The van der Waals surface area contributed by atoms with Gasteiger partial charge in [-0.2, -0.15) is 0 Å². The fraction of sp³-hybridized carbons (Fsp3) is 0.818. The van der Waals surface area contributed by atoms with Crippen molar-refractivity contribution in [1.29, 1.82) is 0 Å². The molecule has 0 radical (unpaired) electrons. The van der Waals surface area contributed by atoms with Gasteiger partial charge in [-0.1, -0.05) is 89.5 Å². The Kier molecular flexibility index (Phi) is 23.1. The van der Waals surface area contributed by atoms with Gasteiger partial charge in [0.1, 0.15) is 0 Å². The van der Waals surface area contributed by atoms with Crippen LogP contribution in [0.4, 0.5) is 0 Å². The Labute approximate surface area is 149 Å². The molecule has 1 aromatic rings. The van der Waals surface area contributed by atoms with E-state index in [9.17, 15) is 0 Å². The van der Waals surface area contributed by atoms with E-state index < -0.39 is 0 Å². The Balaban J connectivity index is -0.000000231. The van der Waals surface area contributed by atoms with Crippen molar-refractivity contribution in [1.82, 2.24) is 4.98 Å². The molecule has 23 heavy (non-hydrogen) atoms. The van der Waals surface area contributed by atoms with Crippen LogP contribution in [0.3, 0.4) is 0 Å². The minimum Gasteiger partial charge on any atom is -0.362 e. The molecule has 0 unspecified atom stereocenters. The van der Waals surface area contributed by atoms with Crippen LogP contribution in [0.25, 0.3) is 0 Å². The third-order valence-electron chi connectivity index (χ3n) is 3.83. The van der Waals surface area contributed by atoms with Gasteiger partial charge in [-0.25, -0.2) is 0 Å². The SMILES string of the molecule is C.CC.CC.CC.CCCc1[nH]c(C)c(C)c1CC(C)(C)CC. The molecule has 0 bridgehead atoms. The fourth-order valence-electron chi connectivity index (χ4n) is 2.15. The van der Waals surface area contributed by atoms with Crippen LogP contribution in [-0.2, 0) is 12.8 Å². The van der Waals surface area contributed by atoms with Crippen LogP contribution < -0.4 is 0 Å². The molecule has 1 nitrogen and oxygen atoms in total. The zero-order valence-corrected chi connectivity index (χ0v) is 17.8. The summed E-state index contributed by atoms with van der Waals surface area (Å²) in [6.07, 6.45) is 4.85. The molecule has 0 aliphatic heterocycles. The Morgan fingerprint density at radius 2 is 1.30 bits per heavy atom. The van der Waals surface area contributed by atoms with E-state index in [-0.39, 0.29) is 7.43 Å². The first-order chi connectivity index (χ1) is 10.4. The number of hydrogen-bond donors (Lipinski definition) is 1. The molecule has 0 aliphatic carbocycles. The van der Waals surface area contributed by atoms with Crippen LogP contribution in [0.1, 0.15) is 112 Å². The average molecular weight is 328 g/mol. The van der Waals surface area contributed by atoms with Gasteiger partial charge in [0.25, 0.3) is 0 Å². The molecular weight excluding hydrogens is 278 g/mol. The molecule has 142 valence electrons. The summed E-state index contributed by atoms with van der Waals surface area (Å²) in [5.41, 5.74) is 6.29. The topological polar surface area (TPSA) is 15.8 Å². The standard InChI is InChI=1S/C15H27N.3C2H6.CH4/c1-7-9-14-13(10-15(5,6)8-2)11(3)12(4)16-14;3*1-2;/h16H,7-10H2,1-6H3;3*1-2H3;1H4. The molecule has 0 saturated heterocycles. The Hall–Kier alpha value is -0.720. The number of rotatable bonds is 5. The predicted octanol–water partition coefficient (Wildman–Crippen LogP) is 8.28. The molecule has 1 aromatic heterocycles. The number of H-pyrrole nitrogens is 1. The Morgan fingerprint density at radius 3 is 1.65 bits per heavy atom. The van der Waals surface area contributed by atoms with Crippen LogP contribution in [0.15, 0.2) is 0 Å². The van der Waals surface area contributed by atoms with Crippen molar-refractivity contribution in [2.24, 2.45) is 5.41 Å². The van der Waals surface area contributed by atoms with Gasteiger partial charge in [0.15, 0.2) is 0 Å². The monoisotopic (exact) mass is 327 g/mol. The van der Waals surface area contributed by atoms with Gasteiger partial charge in [0.05, 0.1) is 0 Å². The lowest BCUT2D eigenvalue weighted by molar-refractivity contribution is 0.347. The second-order valence-corrected chi connectivity index (χ2v) is 5.78. The zero-order chi connectivity index (χ0) is 18.3. The minimum absolute atomic E-state index is 0. The maximum Gasteiger partial charge on any atom is 0.0184 e. The highest BCUT2D eigenvalue weighted by molar-refractivity contribution is 5.36. The third kappa shape index (κ3) is 11.5. The molecule has 0 spiro atoms. The highest BCUT2D eigenvalue weighted by Gasteiger charge is 2.20. The number of aromatic nitrogens is 1. The van der Waals surface area contributed by atoms with Crippen molar-refractivity contribution in [2.45, 2.75) is 116 Å². The maximum atomic E-state index is 3.56. The molecule has 1 heterocycles. The van der Waals surface area contributed by atoms with Crippen molar-refractivity contribution in [3.8, 4) is 0 Å². The van der Waals surface area contributed by atoms with Gasteiger partial charge in [-0.3, -0.25) is 0 Å². The molecular formula is C22H49N. The van der Waals surface area contributed by atoms with Gasteiger partial charge in [-0.05, 0) is 43.2 Å². The van der Waals surface area contributed by atoms with E-state index in [4.69, 9.17) is 0 Å². The van der Waals surface area contributed by atoms with Gasteiger partial charge in [0, 0.05) is 11.4 Å². The summed E-state index contributed by atoms with van der Waals surface area (Å²) < 4.78 is 0. The largest absolute Gasteiger partial charge is 0.362 e. The molecule has 1 heteroatoms. The normalized spacial score (nSPS) is 9.22. The van der Waals surface area contributed by atoms with Crippen molar-refractivity contribution in [3.63, 3.8) is 0 Å². The smallest absolute Gasteiger partial charge is 0.0184 e. The third-order valence-corrected chi connectivity index (χ3v) is 3.83. The average Bonchev–Trinajstić information content (AvgIpc) is 2.81. The Bertz CT molecular complexity index is 345. The highest BCUT2D eigenvalue weighted by Crippen LogP contribution is 2.30. The molecule has 1 N–H and O–H groups in total. The quantitative estimate of drug-likeness (QED) is 0.560. The van der Waals surface area contributed by atoms with Gasteiger partial charge >= 0.3 is 0 Å². The van der Waals surface area contributed by atoms with E-state index in [1.54, 1.807) is 5.56 Å². The molecule has 1 rings (SSSR count). The van der Waals surface area contributed by atoms with Crippen molar-refractivity contribution >= 4 is 0 Å². The van der Waals surface area contributed by atoms with E-state index in [0.717, 1.165) is 0 Å². The predicted molar refractivity (Wildman–Crippen MR) is 113 cm³/mol. The summed E-state index contributed by atoms with van der Waals surface area (Å²) in [5.74, 6) is 0. The van der Waals surface area contributed by atoms with E-state index in [1.807, 2.05) is 41.5 Å². The van der Waals surface area contributed by atoms with E-state index in [0.29, 0.717) is 5.41 Å². The van der Waals surface area contributed by atoms with E-state index in [1.165, 1.54) is 42.6 Å². The molecule has 0 aromatic carbocycles. The number of nitrogens with one attached hydrogen (secondary N) is 1. The molecule has 0 amide bonds. The first kappa shape index (κ1) is 30.2. The lowest BCUT2D eigenvalue weighted by Crippen LogP contribution is -2.14. The van der Waals surface area contributed by atoms with Gasteiger partial charge < -0.3 is 4.98 Å². The summed E-state index contributed by atoms with van der Waals surface area (Å²) >= 11 is 0. The minimum atomic E-state index is 0. The summed E-state index contributed by atoms with van der Waals surface area (Å²) in [6.45, 7) is 25.7. The first-order valence-corrected chi connectivity index (χ1v) is 9.58. The lowest BCUT2D eigenvalue weighted by atomic mass is 9.82. The number of hydrogen-bond acceptors (Lipinski definition) is 0. The first-order valence-electron chi connectivity index (χ1n) is 9.58. The molecule has 0 fully saturated rings. The second kappa shape index (κ2) is 17.6. The molecule has 0 atom stereocenters. The van der Waals surface area contributed by atoms with Crippen LogP contribution in [-0.4, -0.2) is 4.98 Å². The van der Waals surface area contributed by atoms with Gasteiger partial charge in [-0.15, -0.1) is 0 Å². The van der Waals surface area contributed by atoms with Gasteiger partial charge in [0.2, 0.25) is 0 Å². The van der Waals surface area contributed by atoms with Crippen molar-refractivity contribution < 1.29 is 0 Å². The van der Waals surface area contributed by atoms with Crippen molar-refractivity contribution in [3.05, 3.63) is 22.5 Å². The van der Waals surface area contributed by atoms with Crippen molar-refractivity contribution in [2.75, 3.05) is 0 Å². The second-order valence-electron chi connectivity index (χ2n) is 5.78. The Morgan fingerprint density at radius 1 is 0.870 bits per heavy atom. The zero-order valence-electron chi connectivity index (χ0n) is 17.8. The van der Waals surface area contributed by atoms with E-state index >= 15 is 0 Å². The van der Waals surface area contributed by atoms with Crippen LogP contribution in [0.2, 0.25) is 0 Å². The number of aromatic amines is 1. The number of aryl methyl sites for hydroxylation is 2. The van der Waals surface area contributed by atoms with Crippen LogP contribution in [0, 0.1) is 19.3 Å². The lowest BCUT2D eigenvalue weighted by Gasteiger charge is -2.23. The summed E-state index contributed by atoms with van der Waals surface area (Å²) in [4.78, 5) is 3.56. The maximum absolute atomic E-state index is 3.56. The highest BCUT2D eigenvalue weighted by atomic mass is 14.7. The van der Waals surface area contributed by atoms with Crippen LogP contribution in [0.5, 0.6) is 0 Å².